The third-order valence-corrected chi connectivity index (χ3v) is 3.03. The maximum Gasteiger partial charge on any atom is 0.0867 e. The second-order valence-corrected chi connectivity index (χ2v) is 4.41. The lowest BCUT2D eigenvalue weighted by molar-refractivity contribution is -0.0170. The molecule has 0 saturated carbocycles. The normalized spacial score (nSPS) is 14.3. The van der Waals surface area contributed by atoms with Crippen molar-refractivity contribution in [3.05, 3.63) is 48.0 Å². The zero-order valence-corrected chi connectivity index (χ0v) is 11.0. The average molecular weight is 234 g/mol. The van der Waals surface area contributed by atoms with E-state index in [-0.39, 0.29) is 6.10 Å². The van der Waals surface area contributed by atoms with E-state index in [9.17, 15) is 0 Å². The van der Waals surface area contributed by atoms with Gasteiger partial charge in [-0.25, -0.2) is 0 Å². The number of benzene rings is 1. The Kier molecular flexibility index (Phi) is 5.95. The maximum atomic E-state index is 5.68. The van der Waals surface area contributed by atoms with Crippen LogP contribution in [0.1, 0.15) is 19.4 Å². The molecule has 0 unspecified atom stereocenters. The molecule has 0 saturated heterocycles. The highest BCUT2D eigenvalue weighted by atomic mass is 16.5. The van der Waals surface area contributed by atoms with E-state index in [0.29, 0.717) is 19.1 Å². The lowest BCUT2D eigenvalue weighted by Crippen LogP contribution is -2.26. The average Bonchev–Trinajstić information content (AvgIpc) is 2.35. The highest BCUT2D eigenvalue weighted by Gasteiger charge is 2.17. The minimum absolute atomic E-state index is 0.0798. The summed E-state index contributed by atoms with van der Waals surface area (Å²) in [6.45, 7) is 9.31. The molecule has 1 rings (SSSR count). The number of hydrogen-bond donors (Lipinski definition) is 0. The molecule has 0 spiro atoms. The van der Waals surface area contributed by atoms with Crippen molar-refractivity contribution in [3.8, 4) is 0 Å². The molecular weight excluding hydrogens is 212 g/mol. The summed E-state index contributed by atoms with van der Waals surface area (Å²) in [7, 11) is 1.72. The molecule has 0 heterocycles. The van der Waals surface area contributed by atoms with Gasteiger partial charge in [0.1, 0.15) is 0 Å². The van der Waals surface area contributed by atoms with Gasteiger partial charge in [0, 0.05) is 13.0 Å². The number of hydrogen-bond acceptors (Lipinski definition) is 2. The Labute approximate surface area is 104 Å². The second kappa shape index (κ2) is 7.25. The molecule has 0 aromatic heterocycles. The molecule has 17 heavy (non-hydrogen) atoms. The maximum absolute atomic E-state index is 5.68. The van der Waals surface area contributed by atoms with Crippen LogP contribution >= 0.6 is 0 Å². The molecule has 0 aliphatic carbocycles. The van der Waals surface area contributed by atoms with E-state index < -0.39 is 0 Å². The standard InChI is InChI=1S/C15H22O2/c1-12(2)13(3)15(16-4)11-17-10-14-8-6-5-7-9-14/h5-9,13,15H,1,10-11H2,2-4H3/t13-,15-/m0/s1. The van der Waals surface area contributed by atoms with Crippen molar-refractivity contribution in [2.75, 3.05) is 13.7 Å². The molecule has 0 N–H and O–H groups in total. The summed E-state index contributed by atoms with van der Waals surface area (Å²) in [6, 6.07) is 10.2. The van der Waals surface area contributed by atoms with E-state index in [1.165, 1.54) is 5.56 Å². The molecule has 2 heteroatoms. The van der Waals surface area contributed by atoms with Crippen molar-refractivity contribution in [2.24, 2.45) is 5.92 Å². The van der Waals surface area contributed by atoms with Crippen molar-refractivity contribution in [1.29, 1.82) is 0 Å². The third-order valence-electron chi connectivity index (χ3n) is 3.03. The van der Waals surface area contributed by atoms with Crippen LogP contribution in [0.4, 0.5) is 0 Å². The molecule has 94 valence electrons. The van der Waals surface area contributed by atoms with Gasteiger partial charge in [0.05, 0.1) is 19.3 Å². The van der Waals surface area contributed by atoms with Crippen LogP contribution in [0, 0.1) is 5.92 Å². The molecule has 0 radical (unpaired) electrons. The Morgan fingerprint density at radius 2 is 1.94 bits per heavy atom. The predicted molar refractivity (Wildman–Crippen MR) is 70.9 cm³/mol. The first-order valence-electron chi connectivity index (χ1n) is 5.95. The van der Waals surface area contributed by atoms with Gasteiger partial charge in [-0.05, 0) is 12.5 Å². The largest absolute Gasteiger partial charge is 0.378 e. The number of ether oxygens (including phenoxy) is 2. The van der Waals surface area contributed by atoms with Gasteiger partial charge < -0.3 is 9.47 Å². The van der Waals surface area contributed by atoms with Crippen molar-refractivity contribution in [1.82, 2.24) is 0 Å². The van der Waals surface area contributed by atoms with E-state index >= 15 is 0 Å². The smallest absolute Gasteiger partial charge is 0.0867 e. The molecular formula is C15H22O2. The molecule has 0 amide bonds. The first-order chi connectivity index (χ1) is 8.15. The van der Waals surface area contributed by atoms with Gasteiger partial charge in [-0.3, -0.25) is 0 Å². The molecule has 0 aliphatic heterocycles. The van der Waals surface area contributed by atoms with Gasteiger partial charge in [-0.15, -0.1) is 0 Å². The fraction of sp³-hybridized carbons (Fsp3) is 0.467. The zero-order chi connectivity index (χ0) is 12.7. The first-order valence-corrected chi connectivity index (χ1v) is 5.95. The van der Waals surface area contributed by atoms with E-state index in [1.54, 1.807) is 7.11 Å². The minimum Gasteiger partial charge on any atom is -0.378 e. The van der Waals surface area contributed by atoms with Crippen LogP contribution in [0.2, 0.25) is 0 Å². The van der Waals surface area contributed by atoms with Gasteiger partial charge in [0.2, 0.25) is 0 Å². The summed E-state index contributed by atoms with van der Waals surface area (Å²) in [5, 5.41) is 0. The van der Waals surface area contributed by atoms with E-state index in [0.717, 1.165) is 5.57 Å². The Bertz CT molecular complexity index is 332. The lowest BCUT2D eigenvalue weighted by Gasteiger charge is -2.22. The third kappa shape index (κ3) is 4.72. The van der Waals surface area contributed by atoms with Crippen molar-refractivity contribution in [2.45, 2.75) is 26.6 Å². The Balaban J connectivity index is 2.36. The Hall–Kier alpha value is -1.12. The predicted octanol–water partition coefficient (Wildman–Crippen LogP) is 3.43. The monoisotopic (exact) mass is 234 g/mol. The van der Waals surface area contributed by atoms with Gasteiger partial charge in [-0.1, -0.05) is 49.4 Å². The van der Waals surface area contributed by atoms with Crippen LogP contribution in [-0.4, -0.2) is 19.8 Å². The molecule has 0 bridgehead atoms. The van der Waals surface area contributed by atoms with Crippen LogP contribution in [0.25, 0.3) is 0 Å². The zero-order valence-electron chi connectivity index (χ0n) is 11.0. The van der Waals surface area contributed by atoms with Gasteiger partial charge in [-0.2, -0.15) is 0 Å². The van der Waals surface area contributed by atoms with Crippen LogP contribution in [0.15, 0.2) is 42.5 Å². The Morgan fingerprint density at radius 3 is 2.47 bits per heavy atom. The highest BCUT2D eigenvalue weighted by Crippen LogP contribution is 2.15. The first kappa shape index (κ1) is 13.9. The van der Waals surface area contributed by atoms with Crippen molar-refractivity contribution >= 4 is 0 Å². The molecule has 1 aromatic carbocycles. The summed E-state index contributed by atoms with van der Waals surface area (Å²) in [4.78, 5) is 0. The summed E-state index contributed by atoms with van der Waals surface area (Å²) in [5.74, 6) is 0.316. The molecule has 2 nitrogen and oxygen atoms in total. The van der Waals surface area contributed by atoms with E-state index in [2.05, 4.69) is 25.6 Å². The molecule has 2 atom stereocenters. The number of rotatable bonds is 7. The summed E-state index contributed by atoms with van der Waals surface area (Å²) < 4.78 is 11.1. The fourth-order valence-corrected chi connectivity index (χ4v) is 1.60. The van der Waals surface area contributed by atoms with E-state index in [4.69, 9.17) is 9.47 Å². The lowest BCUT2D eigenvalue weighted by atomic mass is 9.98. The van der Waals surface area contributed by atoms with Gasteiger partial charge >= 0.3 is 0 Å². The highest BCUT2D eigenvalue weighted by molar-refractivity contribution is 5.13. The summed E-state index contributed by atoms with van der Waals surface area (Å²) in [6.07, 6.45) is 0.0798. The quantitative estimate of drug-likeness (QED) is 0.673. The van der Waals surface area contributed by atoms with Crippen molar-refractivity contribution in [3.63, 3.8) is 0 Å². The summed E-state index contributed by atoms with van der Waals surface area (Å²) >= 11 is 0. The molecule has 1 aromatic rings. The van der Waals surface area contributed by atoms with Crippen LogP contribution in [0.5, 0.6) is 0 Å². The van der Waals surface area contributed by atoms with Gasteiger partial charge in [0.15, 0.2) is 0 Å². The molecule has 0 fully saturated rings. The summed E-state index contributed by atoms with van der Waals surface area (Å²) in [5.41, 5.74) is 2.31. The van der Waals surface area contributed by atoms with Crippen LogP contribution < -0.4 is 0 Å². The number of methoxy groups -OCH3 is 1. The van der Waals surface area contributed by atoms with E-state index in [1.807, 2.05) is 25.1 Å². The topological polar surface area (TPSA) is 18.5 Å². The fourth-order valence-electron chi connectivity index (χ4n) is 1.60. The van der Waals surface area contributed by atoms with Crippen molar-refractivity contribution < 1.29 is 9.47 Å². The second-order valence-electron chi connectivity index (χ2n) is 4.41. The molecule has 0 aliphatic rings. The SMILES string of the molecule is C=C(C)[C@H](C)[C@H](COCc1ccccc1)OC. The van der Waals surface area contributed by atoms with Crippen LogP contribution in [-0.2, 0) is 16.1 Å². The van der Waals surface area contributed by atoms with Gasteiger partial charge in [0.25, 0.3) is 0 Å². The Morgan fingerprint density at radius 1 is 1.29 bits per heavy atom. The van der Waals surface area contributed by atoms with Crippen LogP contribution in [0.3, 0.4) is 0 Å². The minimum atomic E-state index is 0.0798.